The van der Waals surface area contributed by atoms with Crippen LogP contribution in [0.3, 0.4) is 0 Å². The van der Waals surface area contributed by atoms with E-state index in [2.05, 4.69) is 32.2 Å². The van der Waals surface area contributed by atoms with Crippen molar-refractivity contribution in [2.45, 2.75) is 39.7 Å². The Morgan fingerprint density at radius 2 is 2.22 bits per heavy atom. The van der Waals surface area contributed by atoms with Crippen molar-refractivity contribution in [3.8, 4) is 0 Å². The molecule has 4 heteroatoms. The van der Waals surface area contributed by atoms with Crippen molar-refractivity contribution in [3.05, 3.63) is 22.4 Å². The van der Waals surface area contributed by atoms with Crippen LogP contribution < -0.4 is 5.32 Å². The molecule has 1 atom stereocenters. The standard InChI is InChI=1S/C14H23NO2S/c1-14(2,3)7-8-15-11(10-13(16)17-4)12-6-5-9-18-12/h5-6,9,11,15H,7-8,10H2,1-4H3. The molecule has 1 N–H and O–H groups in total. The van der Waals surface area contributed by atoms with Gasteiger partial charge in [0.05, 0.1) is 19.6 Å². The highest BCUT2D eigenvalue weighted by Gasteiger charge is 2.18. The second-order valence-electron chi connectivity index (χ2n) is 5.61. The summed E-state index contributed by atoms with van der Waals surface area (Å²) in [7, 11) is 1.43. The molecule has 0 saturated carbocycles. The summed E-state index contributed by atoms with van der Waals surface area (Å²) in [6, 6.07) is 4.14. The van der Waals surface area contributed by atoms with Crippen molar-refractivity contribution in [1.82, 2.24) is 5.32 Å². The summed E-state index contributed by atoms with van der Waals surface area (Å²) in [6.45, 7) is 7.56. The fourth-order valence-corrected chi connectivity index (χ4v) is 2.44. The average Bonchev–Trinajstić information content (AvgIpc) is 2.79. The lowest BCUT2D eigenvalue weighted by atomic mass is 9.92. The highest BCUT2D eigenvalue weighted by molar-refractivity contribution is 7.10. The number of rotatable bonds is 6. The third-order valence-electron chi connectivity index (χ3n) is 2.75. The van der Waals surface area contributed by atoms with Crippen molar-refractivity contribution < 1.29 is 9.53 Å². The van der Waals surface area contributed by atoms with Crippen LogP contribution in [-0.4, -0.2) is 19.6 Å². The molecular formula is C14H23NO2S. The molecule has 18 heavy (non-hydrogen) atoms. The Hall–Kier alpha value is -0.870. The lowest BCUT2D eigenvalue weighted by Gasteiger charge is -2.21. The first-order valence-corrected chi connectivity index (χ1v) is 7.14. The molecule has 0 radical (unpaired) electrons. The van der Waals surface area contributed by atoms with Gasteiger partial charge in [-0.1, -0.05) is 26.8 Å². The number of methoxy groups -OCH3 is 1. The first-order valence-electron chi connectivity index (χ1n) is 6.26. The minimum atomic E-state index is -0.170. The van der Waals surface area contributed by atoms with E-state index in [1.165, 1.54) is 12.0 Å². The minimum absolute atomic E-state index is 0.0693. The van der Waals surface area contributed by atoms with E-state index in [1.807, 2.05) is 11.4 Å². The molecule has 0 aliphatic carbocycles. The molecule has 3 nitrogen and oxygen atoms in total. The van der Waals surface area contributed by atoms with Gasteiger partial charge < -0.3 is 10.1 Å². The summed E-state index contributed by atoms with van der Waals surface area (Å²) in [5, 5.41) is 5.49. The van der Waals surface area contributed by atoms with Crippen LogP contribution in [0, 0.1) is 5.41 Å². The summed E-state index contributed by atoms with van der Waals surface area (Å²) < 4.78 is 4.75. The monoisotopic (exact) mass is 269 g/mol. The molecule has 1 unspecified atom stereocenters. The minimum Gasteiger partial charge on any atom is -0.469 e. The van der Waals surface area contributed by atoms with Crippen LogP contribution in [0.15, 0.2) is 17.5 Å². The van der Waals surface area contributed by atoms with E-state index >= 15 is 0 Å². The Labute approximate surface area is 114 Å². The van der Waals surface area contributed by atoms with Gasteiger partial charge in [-0.25, -0.2) is 0 Å². The zero-order valence-electron chi connectivity index (χ0n) is 11.7. The number of carbonyl (C=O) groups is 1. The van der Waals surface area contributed by atoms with E-state index in [0.717, 1.165) is 13.0 Å². The first-order chi connectivity index (χ1) is 8.42. The lowest BCUT2D eigenvalue weighted by molar-refractivity contribution is -0.141. The molecular weight excluding hydrogens is 246 g/mol. The van der Waals surface area contributed by atoms with Crippen LogP contribution in [0.4, 0.5) is 0 Å². The van der Waals surface area contributed by atoms with Gasteiger partial charge in [0.2, 0.25) is 0 Å². The van der Waals surface area contributed by atoms with Gasteiger partial charge in [-0.3, -0.25) is 4.79 Å². The molecule has 0 aliphatic rings. The van der Waals surface area contributed by atoms with Crippen molar-refractivity contribution in [2.75, 3.05) is 13.7 Å². The van der Waals surface area contributed by atoms with Gasteiger partial charge in [-0.15, -0.1) is 11.3 Å². The molecule has 0 bridgehead atoms. The van der Waals surface area contributed by atoms with Gasteiger partial charge in [0.1, 0.15) is 0 Å². The lowest BCUT2D eigenvalue weighted by Crippen LogP contribution is -2.27. The predicted molar refractivity (Wildman–Crippen MR) is 75.8 cm³/mol. The second kappa shape index (κ2) is 6.90. The average molecular weight is 269 g/mol. The molecule has 0 amide bonds. The van der Waals surface area contributed by atoms with Crippen LogP contribution >= 0.6 is 11.3 Å². The Morgan fingerprint density at radius 3 is 2.72 bits per heavy atom. The molecule has 0 aliphatic heterocycles. The van der Waals surface area contributed by atoms with E-state index in [1.54, 1.807) is 11.3 Å². The quantitative estimate of drug-likeness (QED) is 0.805. The molecule has 0 saturated heterocycles. The summed E-state index contributed by atoms with van der Waals surface area (Å²) >= 11 is 1.67. The molecule has 0 aromatic carbocycles. The third-order valence-corrected chi connectivity index (χ3v) is 3.74. The molecule has 102 valence electrons. The van der Waals surface area contributed by atoms with Crippen LogP contribution in [0.5, 0.6) is 0 Å². The molecule has 1 rings (SSSR count). The summed E-state index contributed by atoms with van der Waals surface area (Å²) in [5.74, 6) is -0.170. The first kappa shape index (κ1) is 15.2. The molecule has 1 aromatic heterocycles. The zero-order chi connectivity index (χ0) is 13.6. The largest absolute Gasteiger partial charge is 0.469 e. The highest BCUT2D eigenvalue weighted by Crippen LogP contribution is 2.24. The van der Waals surface area contributed by atoms with Crippen LogP contribution in [0.25, 0.3) is 0 Å². The van der Waals surface area contributed by atoms with Gasteiger partial charge in [0.15, 0.2) is 0 Å². The van der Waals surface area contributed by atoms with Gasteiger partial charge in [-0.05, 0) is 29.8 Å². The summed E-state index contributed by atoms with van der Waals surface area (Å²) in [5.41, 5.74) is 0.304. The number of thiophene rings is 1. The molecule has 0 fully saturated rings. The number of hydrogen-bond acceptors (Lipinski definition) is 4. The number of carbonyl (C=O) groups excluding carboxylic acids is 1. The topological polar surface area (TPSA) is 38.3 Å². The van der Waals surface area contributed by atoms with Crippen molar-refractivity contribution in [2.24, 2.45) is 5.41 Å². The Balaban J connectivity index is 2.53. The van der Waals surface area contributed by atoms with Crippen LogP contribution in [0.2, 0.25) is 0 Å². The van der Waals surface area contributed by atoms with Gasteiger partial charge >= 0.3 is 5.97 Å². The number of nitrogens with one attached hydrogen (secondary N) is 1. The maximum atomic E-state index is 11.4. The van der Waals surface area contributed by atoms with Crippen molar-refractivity contribution in [1.29, 1.82) is 0 Å². The maximum absolute atomic E-state index is 11.4. The normalized spacial score (nSPS) is 13.3. The Morgan fingerprint density at radius 1 is 1.50 bits per heavy atom. The van der Waals surface area contributed by atoms with Crippen LogP contribution in [0.1, 0.15) is 44.5 Å². The van der Waals surface area contributed by atoms with Crippen molar-refractivity contribution in [3.63, 3.8) is 0 Å². The van der Waals surface area contributed by atoms with E-state index in [-0.39, 0.29) is 12.0 Å². The fourth-order valence-electron chi connectivity index (χ4n) is 1.63. The highest BCUT2D eigenvalue weighted by atomic mass is 32.1. The second-order valence-corrected chi connectivity index (χ2v) is 6.59. The Bertz CT molecular complexity index is 354. The van der Waals surface area contributed by atoms with Crippen LogP contribution in [-0.2, 0) is 9.53 Å². The summed E-state index contributed by atoms with van der Waals surface area (Å²) in [6.07, 6.45) is 1.47. The smallest absolute Gasteiger partial charge is 0.307 e. The Kier molecular flexibility index (Phi) is 5.82. The molecule has 0 spiro atoms. The van der Waals surface area contributed by atoms with Gasteiger partial charge in [0.25, 0.3) is 0 Å². The summed E-state index contributed by atoms with van der Waals surface area (Å²) in [4.78, 5) is 12.6. The van der Waals surface area contributed by atoms with E-state index < -0.39 is 0 Å². The number of hydrogen-bond donors (Lipinski definition) is 1. The van der Waals surface area contributed by atoms with Gasteiger partial charge in [0, 0.05) is 4.88 Å². The maximum Gasteiger partial charge on any atom is 0.307 e. The van der Waals surface area contributed by atoms with E-state index in [4.69, 9.17) is 4.74 Å². The van der Waals surface area contributed by atoms with E-state index in [0.29, 0.717) is 11.8 Å². The third kappa shape index (κ3) is 5.65. The SMILES string of the molecule is COC(=O)CC(NCCC(C)(C)C)c1cccs1. The number of ether oxygens (including phenoxy) is 1. The van der Waals surface area contributed by atoms with E-state index in [9.17, 15) is 4.79 Å². The van der Waals surface area contributed by atoms with Gasteiger partial charge in [-0.2, -0.15) is 0 Å². The van der Waals surface area contributed by atoms with Crippen molar-refractivity contribution >= 4 is 17.3 Å². The molecule has 1 heterocycles. The molecule has 1 aromatic rings. The fraction of sp³-hybridized carbons (Fsp3) is 0.643. The predicted octanol–water partition coefficient (Wildman–Crippen LogP) is 3.38. The zero-order valence-corrected chi connectivity index (χ0v) is 12.5. The number of esters is 1.